The number of imidazole rings is 1. The van der Waals surface area contributed by atoms with Crippen molar-refractivity contribution in [2.45, 2.75) is 50.6 Å². The van der Waals surface area contributed by atoms with Gasteiger partial charge < -0.3 is 14.0 Å². The van der Waals surface area contributed by atoms with Gasteiger partial charge in [0.05, 0.1) is 11.9 Å². The van der Waals surface area contributed by atoms with Gasteiger partial charge in [0, 0.05) is 31.4 Å². The second-order valence-electron chi connectivity index (χ2n) is 7.59. The third-order valence-electron chi connectivity index (χ3n) is 5.99. The molecular weight excluding hydrogens is 342 g/mol. The van der Waals surface area contributed by atoms with E-state index in [9.17, 15) is 4.79 Å². The van der Waals surface area contributed by atoms with Crippen LogP contribution >= 0.6 is 0 Å². The van der Waals surface area contributed by atoms with Crippen molar-refractivity contribution in [1.29, 1.82) is 0 Å². The molecule has 1 aliphatic heterocycles. The highest BCUT2D eigenvalue weighted by molar-refractivity contribution is 5.96. The maximum atomic E-state index is 12.9. The number of pyridine rings is 1. The molecule has 1 aliphatic carbocycles. The number of fused-ring (bicyclic) bond motifs is 1. The third kappa shape index (κ3) is 2.98. The Labute approximate surface area is 157 Å². The van der Waals surface area contributed by atoms with Gasteiger partial charge in [0.25, 0.3) is 5.91 Å². The molecule has 4 heterocycles. The highest BCUT2D eigenvalue weighted by atomic mass is 16.2. The normalized spacial score (nSPS) is 19.2. The van der Waals surface area contributed by atoms with E-state index in [1.54, 1.807) is 18.9 Å². The van der Waals surface area contributed by atoms with Gasteiger partial charge in [0.2, 0.25) is 0 Å². The summed E-state index contributed by atoms with van der Waals surface area (Å²) in [5, 5.41) is 7.75. The number of likely N-dealkylation sites (tertiary alicyclic amines) is 1. The molecule has 8 heteroatoms. The standard InChI is InChI=1S/C19H23N7O/c27-19(24-7-5-15(6-8-24)25-12-22-23-13-25)14-9-17-18(20-10-14)26(11-21-17)16-3-1-2-4-16/h9-13,15-16H,1-8H2. The van der Waals surface area contributed by atoms with Crippen LogP contribution in [0.25, 0.3) is 11.2 Å². The lowest BCUT2D eigenvalue weighted by atomic mass is 10.0. The first-order valence-corrected chi connectivity index (χ1v) is 9.75. The minimum atomic E-state index is 0.0435. The van der Waals surface area contributed by atoms with Crippen molar-refractivity contribution in [2.75, 3.05) is 13.1 Å². The summed E-state index contributed by atoms with van der Waals surface area (Å²) in [6.07, 6.45) is 13.8. The molecule has 0 radical (unpaired) electrons. The van der Waals surface area contributed by atoms with Crippen molar-refractivity contribution in [3.05, 3.63) is 36.8 Å². The van der Waals surface area contributed by atoms with E-state index < -0.39 is 0 Å². The molecule has 0 aromatic carbocycles. The van der Waals surface area contributed by atoms with Gasteiger partial charge in [-0.1, -0.05) is 12.8 Å². The average molecular weight is 365 g/mol. The minimum Gasteiger partial charge on any atom is -0.338 e. The number of carbonyl (C=O) groups is 1. The molecular formula is C19H23N7O. The van der Waals surface area contributed by atoms with Crippen LogP contribution in [0.5, 0.6) is 0 Å². The number of piperidine rings is 1. The van der Waals surface area contributed by atoms with Crippen LogP contribution in [0.2, 0.25) is 0 Å². The highest BCUT2D eigenvalue weighted by Crippen LogP contribution is 2.31. The smallest absolute Gasteiger partial charge is 0.255 e. The molecule has 1 saturated heterocycles. The van der Waals surface area contributed by atoms with Gasteiger partial charge in [-0.15, -0.1) is 10.2 Å². The molecule has 27 heavy (non-hydrogen) atoms. The fraction of sp³-hybridized carbons (Fsp3) is 0.526. The molecule has 0 unspecified atom stereocenters. The summed E-state index contributed by atoms with van der Waals surface area (Å²) in [7, 11) is 0. The van der Waals surface area contributed by atoms with Crippen molar-refractivity contribution in [3.8, 4) is 0 Å². The molecule has 0 atom stereocenters. The molecule has 3 aromatic rings. The van der Waals surface area contributed by atoms with Crippen LogP contribution < -0.4 is 0 Å². The fourth-order valence-electron chi connectivity index (χ4n) is 4.43. The SMILES string of the molecule is O=C(c1cnc2c(c1)ncn2C1CCCC1)N1CCC(n2cnnc2)CC1. The summed E-state index contributed by atoms with van der Waals surface area (Å²) in [6, 6.07) is 2.76. The summed E-state index contributed by atoms with van der Waals surface area (Å²) in [4.78, 5) is 23.9. The quantitative estimate of drug-likeness (QED) is 0.713. The van der Waals surface area contributed by atoms with Gasteiger partial charge in [-0.25, -0.2) is 9.97 Å². The molecule has 2 fully saturated rings. The Balaban J connectivity index is 1.31. The van der Waals surface area contributed by atoms with E-state index in [2.05, 4.69) is 24.7 Å². The van der Waals surface area contributed by atoms with Gasteiger partial charge in [0.1, 0.15) is 18.2 Å². The predicted molar refractivity (Wildman–Crippen MR) is 99.2 cm³/mol. The Kier molecular flexibility index (Phi) is 4.10. The van der Waals surface area contributed by atoms with Gasteiger partial charge in [-0.3, -0.25) is 4.79 Å². The number of carbonyl (C=O) groups excluding carboxylic acids is 1. The van der Waals surface area contributed by atoms with E-state index in [4.69, 9.17) is 0 Å². The first-order valence-electron chi connectivity index (χ1n) is 9.75. The zero-order chi connectivity index (χ0) is 18.2. The Morgan fingerprint density at radius 1 is 0.926 bits per heavy atom. The number of amides is 1. The Hall–Kier alpha value is -2.77. The predicted octanol–water partition coefficient (Wildman–Crippen LogP) is 2.62. The number of hydrogen-bond acceptors (Lipinski definition) is 5. The van der Waals surface area contributed by atoms with E-state index in [1.165, 1.54) is 25.7 Å². The Bertz CT molecular complexity index is 934. The van der Waals surface area contributed by atoms with E-state index in [-0.39, 0.29) is 5.91 Å². The van der Waals surface area contributed by atoms with Crippen molar-refractivity contribution in [1.82, 2.24) is 34.2 Å². The molecule has 8 nitrogen and oxygen atoms in total. The molecule has 1 saturated carbocycles. The lowest BCUT2D eigenvalue weighted by Gasteiger charge is -2.32. The van der Waals surface area contributed by atoms with Gasteiger partial charge in [-0.2, -0.15) is 0 Å². The van der Waals surface area contributed by atoms with E-state index >= 15 is 0 Å². The molecule has 1 amide bonds. The number of nitrogens with zero attached hydrogens (tertiary/aromatic N) is 7. The van der Waals surface area contributed by atoms with E-state index in [0.29, 0.717) is 17.6 Å². The number of hydrogen-bond donors (Lipinski definition) is 0. The van der Waals surface area contributed by atoms with Crippen molar-refractivity contribution in [3.63, 3.8) is 0 Å². The highest BCUT2D eigenvalue weighted by Gasteiger charge is 2.26. The summed E-state index contributed by atoms with van der Waals surface area (Å²) in [6.45, 7) is 1.46. The molecule has 0 spiro atoms. The zero-order valence-electron chi connectivity index (χ0n) is 15.2. The first kappa shape index (κ1) is 16.4. The second-order valence-corrected chi connectivity index (χ2v) is 7.59. The van der Waals surface area contributed by atoms with Crippen molar-refractivity contribution in [2.24, 2.45) is 0 Å². The molecule has 5 rings (SSSR count). The second kappa shape index (κ2) is 6.75. The van der Waals surface area contributed by atoms with Gasteiger partial charge in [-0.05, 0) is 31.7 Å². The van der Waals surface area contributed by atoms with Gasteiger partial charge in [0.15, 0.2) is 5.65 Å². The number of rotatable bonds is 3. The molecule has 0 N–H and O–H groups in total. The van der Waals surface area contributed by atoms with Crippen LogP contribution in [0.3, 0.4) is 0 Å². The maximum Gasteiger partial charge on any atom is 0.255 e. The minimum absolute atomic E-state index is 0.0435. The lowest BCUT2D eigenvalue weighted by Crippen LogP contribution is -2.39. The Morgan fingerprint density at radius 3 is 2.41 bits per heavy atom. The van der Waals surface area contributed by atoms with E-state index in [1.807, 2.05) is 21.9 Å². The largest absolute Gasteiger partial charge is 0.338 e. The van der Waals surface area contributed by atoms with Crippen LogP contribution in [-0.4, -0.2) is 53.2 Å². The maximum absolute atomic E-state index is 12.9. The number of aromatic nitrogens is 6. The molecule has 2 aliphatic rings. The first-order chi connectivity index (χ1) is 13.3. The van der Waals surface area contributed by atoms with Crippen LogP contribution in [-0.2, 0) is 0 Å². The summed E-state index contributed by atoms with van der Waals surface area (Å²) < 4.78 is 4.21. The summed E-state index contributed by atoms with van der Waals surface area (Å²) in [5.41, 5.74) is 2.33. The third-order valence-corrected chi connectivity index (χ3v) is 5.99. The van der Waals surface area contributed by atoms with Crippen molar-refractivity contribution >= 4 is 17.1 Å². The summed E-state index contributed by atoms with van der Waals surface area (Å²) in [5.74, 6) is 0.0435. The molecule has 0 bridgehead atoms. The fourth-order valence-corrected chi connectivity index (χ4v) is 4.43. The van der Waals surface area contributed by atoms with Crippen LogP contribution in [0.1, 0.15) is 61.0 Å². The van der Waals surface area contributed by atoms with Crippen LogP contribution in [0, 0.1) is 0 Å². The van der Waals surface area contributed by atoms with Crippen LogP contribution in [0.4, 0.5) is 0 Å². The average Bonchev–Trinajstić information content (AvgIpc) is 3.48. The zero-order valence-corrected chi connectivity index (χ0v) is 15.2. The van der Waals surface area contributed by atoms with E-state index in [0.717, 1.165) is 37.1 Å². The lowest BCUT2D eigenvalue weighted by molar-refractivity contribution is 0.0694. The van der Waals surface area contributed by atoms with Gasteiger partial charge >= 0.3 is 0 Å². The Morgan fingerprint density at radius 2 is 1.67 bits per heavy atom. The molecule has 140 valence electrons. The monoisotopic (exact) mass is 365 g/mol. The van der Waals surface area contributed by atoms with Crippen molar-refractivity contribution < 1.29 is 4.79 Å². The topological polar surface area (TPSA) is 81.7 Å². The summed E-state index contributed by atoms with van der Waals surface area (Å²) >= 11 is 0. The van der Waals surface area contributed by atoms with Crippen LogP contribution in [0.15, 0.2) is 31.2 Å². The molecule has 3 aromatic heterocycles.